The molecule has 1 rings (SSSR count). The molecule has 1 unspecified atom stereocenters. The number of allylic oxidation sites excluding steroid dienone is 3. The molecular formula is C18H31NO4. The average Bonchev–Trinajstić information content (AvgIpc) is 2.48. The first-order valence-corrected chi connectivity index (χ1v) is 8.11. The van der Waals surface area contributed by atoms with Gasteiger partial charge in [0, 0.05) is 5.70 Å². The fourth-order valence-corrected chi connectivity index (χ4v) is 3.14. The van der Waals surface area contributed by atoms with Gasteiger partial charge in [0.15, 0.2) is 0 Å². The Balaban J connectivity index is 2.74. The lowest BCUT2D eigenvalue weighted by Crippen LogP contribution is -2.42. The summed E-state index contributed by atoms with van der Waals surface area (Å²) in [4.78, 5) is 0. The molecule has 5 nitrogen and oxygen atoms in total. The van der Waals surface area contributed by atoms with Crippen LogP contribution in [0.1, 0.15) is 33.6 Å². The Morgan fingerprint density at radius 1 is 1.52 bits per heavy atom. The maximum atomic E-state index is 10.3. The molecule has 0 heterocycles. The largest absolute Gasteiger partial charge is 0.495 e. The quantitative estimate of drug-likeness (QED) is 0.402. The van der Waals surface area contributed by atoms with Crippen LogP contribution in [0.2, 0.25) is 0 Å². The molecule has 5 heteroatoms. The number of aliphatic hydroxyl groups excluding tert-OH is 3. The number of aliphatic hydroxyl groups is 3. The molecule has 0 saturated heterocycles. The lowest BCUT2D eigenvalue weighted by Gasteiger charge is -2.38. The molecule has 132 valence electrons. The summed E-state index contributed by atoms with van der Waals surface area (Å²) in [5, 5.41) is 29.1. The minimum Gasteiger partial charge on any atom is -0.495 e. The molecule has 0 aliphatic heterocycles. The van der Waals surface area contributed by atoms with E-state index < -0.39 is 18.8 Å². The number of hydrogen-bond acceptors (Lipinski definition) is 5. The van der Waals surface area contributed by atoms with E-state index in [1.165, 1.54) is 0 Å². The van der Waals surface area contributed by atoms with Crippen LogP contribution < -0.4 is 5.73 Å². The Bertz CT molecular complexity index is 458. The molecule has 0 amide bonds. The van der Waals surface area contributed by atoms with Gasteiger partial charge in [-0.25, -0.2) is 0 Å². The summed E-state index contributed by atoms with van der Waals surface area (Å²) in [5.74, 6) is 0.207. The van der Waals surface area contributed by atoms with Gasteiger partial charge in [0.2, 0.25) is 0 Å². The molecule has 0 bridgehead atoms. The lowest BCUT2D eigenvalue weighted by atomic mass is 9.70. The van der Waals surface area contributed by atoms with Crippen LogP contribution in [0.15, 0.2) is 35.8 Å². The monoisotopic (exact) mass is 325 g/mol. The van der Waals surface area contributed by atoms with Crippen molar-refractivity contribution in [2.24, 2.45) is 23.5 Å². The van der Waals surface area contributed by atoms with Gasteiger partial charge in [-0.05, 0) is 50.0 Å². The summed E-state index contributed by atoms with van der Waals surface area (Å²) < 4.78 is 5.36. The van der Waals surface area contributed by atoms with Gasteiger partial charge in [0.1, 0.15) is 19.0 Å². The van der Waals surface area contributed by atoms with Gasteiger partial charge in [-0.15, -0.1) is 0 Å². The number of nitrogens with two attached hydrogens (primary N) is 1. The maximum Gasteiger partial charge on any atom is 0.108 e. The topological polar surface area (TPSA) is 95.9 Å². The van der Waals surface area contributed by atoms with Crippen molar-refractivity contribution in [2.45, 2.75) is 45.8 Å². The fourth-order valence-electron chi connectivity index (χ4n) is 3.14. The Kier molecular flexibility index (Phi) is 7.82. The fraction of sp³-hybridized carbons (Fsp3) is 0.667. The van der Waals surface area contributed by atoms with Gasteiger partial charge < -0.3 is 25.8 Å². The highest BCUT2D eigenvalue weighted by Crippen LogP contribution is 2.38. The van der Waals surface area contributed by atoms with E-state index in [0.717, 1.165) is 11.1 Å². The second-order valence-electron chi connectivity index (χ2n) is 6.81. The molecule has 0 fully saturated rings. The summed E-state index contributed by atoms with van der Waals surface area (Å²) in [7, 11) is 0. The second-order valence-corrected chi connectivity index (χ2v) is 6.81. The van der Waals surface area contributed by atoms with Crippen LogP contribution in [-0.2, 0) is 4.74 Å². The van der Waals surface area contributed by atoms with Crippen molar-refractivity contribution in [3.8, 4) is 0 Å². The smallest absolute Gasteiger partial charge is 0.108 e. The lowest BCUT2D eigenvalue weighted by molar-refractivity contribution is -0.0607. The van der Waals surface area contributed by atoms with Crippen molar-refractivity contribution in [2.75, 3.05) is 13.2 Å². The number of rotatable bonds is 8. The molecule has 0 aromatic heterocycles. The zero-order valence-electron chi connectivity index (χ0n) is 14.4. The Hall–Kier alpha value is -1.30. The minimum absolute atomic E-state index is 0.101. The van der Waals surface area contributed by atoms with E-state index in [-0.39, 0.29) is 17.8 Å². The van der Waals surface area contributed by atoms with Crippen molar-refractivity contribution in [3.63, 3.8) is 0 Å². The van der Waals surface area contributed by atoms with Crippen molar-refractivity contribution in [1.82, 2.24) is 0 Å². The highest BCUT2D eigenvalue weighted by molar-refractivity contribution is 5.13. The predicted molar refractivity (Wildman–Crippen MR) is 91.3 cm³/mol. The highest BCUT2D eigenvalue weighted by atomic mass is 16.5. The van der Waals surface area contributed by atoms with Crippen LogP contribution in [0, 0.1) is 17.8 Å². The van der Waals surface area contributed by atoms with E-state index in [1.54, 1.807) is 6.26 Å². The number of hydrogen-bond donors (Lipinski definition) is 4. The van der Waals surface area contributed by atoms with Crippen LogP contribution in [0.5, 0.6) is 0 Å². The molecule has 5 atom stereocenters. The third kappa shape index (κ3) is 6.01. The molecular weight excluding hydrogens is 294 g/mol. The summed E-state index contributed by atoms with van der Waals surface area (Å²) in [6, 6.07) is 0. The van der Waals surface area contributed by atoms with Crippen molar-refractivity contribution < 1.29 is 20.1 Å². The van der Waals surface area contributed by atoms with E-state index in [4.69, 9.17) is 15.6 Å². The first kappa shape index (κ1) is 19.7. The third-order valence-corrected chi connectivity index (χ3v) is 4.46. The van der Waals surface area contributed by atoms with Gasteiger partial charge in [-0.1, -0.05) is 25.2 Å². The van der Waals surface area contributed by atoms with Crippen LogP contribution in [0.25, 0.3) is 0 Å². The SMILES string of the molecule is C=C(C)COC=C(N)C[C@@H]1C=C(C)CC([C@H](O)[C@H](O)CO)[C@@H]1C. The first-order chi connectivity index (χ1) is 10.8. The summed E-state index contributed by atoms with van der Waals surface area (Å²) in [5.41, 5.74) is 8.77. The Labute approximate surface area is 139 Å². The van der Waals surface area contributed by atoms with E-state index in [0.29, 0.717) is 25.1 Å². The standard InChI is InChI=1S/C18H31NO4/c1-11(2)9-23-10-15(19)7-14-5-12(3)6-16(13(14)4)18(22)17(21)8-20/h5,10,13-14,16-18,20-22H,1,6-9,19H2,2-4H3/t13-,14+,16?,17-,18+/m1/s1. The second kappa shape index (κ2) is 9.11. The van der Waals surface area contributed by atoms with E-state index in [2.05, 4.69) is 12.7 Å². The molecule has 1 aliphatic carbocycles. The maximum absolute atomic E-state index is 10.3. The summed E-state index contributed by atoms with van der Waals surface area (Å²) in [6.07, 6.45) is 3.04. The van der Waals surface area contributed by atoms with Gasteiger partial charge >= 0.3 is 0 Å². The number of ether oxygens (including phenoxy) is 1. The average molecular weight is 325 g/mol. The zero-order chi connectivity index (χ0) is 17.6. The van der Waals surface area contributed by atoms with E-state index in [9.17, 15) is 10.2 Å². The summed E-state index contributed by atoms with van der Waals surface area (Å²) >= 11 is 0. The van der Waals surface area contributed by atoms with Crippen LogP contribution in [0.4, 0.5) is 0 Å². The highest BCUT2D eigenvalue weighted by Gasteiger charge is 2.36. The first-order valence-electron chi connectivity index (χ1n) is 8.11. The Morgan fingerprint density at radius 2 is 2.17 bits per heavy atom. The molecule has 1 aliphatic rings. The predicted octanol–water partition coefficient (Wildman–Crippen LogP) is 1.70. The Morgan fingerprint density at radius 3 is 2.74 bits per heavy atom. The van der Waals surface area contributed by atoms with E-state index >= 15 is 0 Å². The van der Waals surface area contributed by atoms with Gasteiger partial charge in [0.05, 0.1) is 12.7 Å². The molecule has 0 spiro atoms. The molecule has 0 radical (unpaired) electrons. The van der Waals surface area contributed by atoms with Gasteiger partial charge in [-0.3, -0.25) is 0 Å². The molecule has 0 saturated carbocycles. The van der Waals surface area contributed by atoms with Crippen LogP contribution >= 0.6 is 0 Å². The molecule has 5 N–H and O–H groups in total. The van der Waals surface area contributed by atoms with E-state index in [1.807, 2.05) is 20.8 Å². The van der Waals surface area contributed by atoms with Crippen molar-refractivity contribution >= 4 is 0 Å². The zero-order valence-corrected chi connectivity index (χ0v) is 14.4. The minimum atomic E-state index is -1.11. The van der Waals surface area contributed by atoms with Crippen molar-refractivity contribution in [3.05, 3.63) is 35.8 Å². The molecule has 23 heavy (non-hydrogen) atoms. The normalized spacial score (nSPS) is 28.0. The van der Waals surface area contributed by atoms with Crippen molar-refractivity contribution in [1.29, 1.82) is 0 Å². The van der Waals surface area contributed by atoms with Gasteiger partial charge in [0.25, 0.3) is 0 Å². The third-order valence-electron chi connectivity index (χ3n) is 4.46. The summed E-state index contributed by atoms with van der Waals surface area (Å²) in [6.45, 7) is 9.73. The molecule has 0 aromatic carbocycles. The van der Waals surface area contributed by atoms with Gasteiger partial charge in [-0.2, -0.15) is 0 Å². The molecule has 0 aromatic rings. The van der Waals surface area contributed by atoms with Crippen LogP contribution in [-0.4, -0.2) is 40.7 Å². The van der Waals surface area contributed by atoms with Crippen LogP contribution in [0.3, 0.4) is 0 Å².